The van der Waals surface area contributed by atoms with Gasteiger partial charge in [0.25, 0.3) is 5.91 Å². The lowest BCUT2D eigenvalue weighted by molar-refractivity contribution is -0.152. The Morgan fingerprint density at radius 1 is 0.962 bits per heavy atom. The molecule has 7 heteroatoms. The number of anilines is 2. The third-order valence-electron chi connectivity index (χ3n) is 3.53. The third-order valence-corrected chi connectivity index (χ3v) is 3.53. The summed E-state index contributed by atoms with van der Waals surface area (Å²) >= 11 is 0. The van der Waals surface area contributed by atoms with Gasteiger partial charge in [0.1, 0.15) is 11.3 Å². The predicted molar refractivity (Wildman–Crippen MR) is 95.9 cm³/mol. The Bertz CT molecular complexity index is 962. The van der Waals surface area contributed by atoms with E-state index in [1.165, 1.54) is 0 Å². The molecule has 1 heterocycles. The second kappa shape index (κ2) is 7.52. The number of furan rings is 1. The van der Waals surface area contributed by atoms with Crippen LogP contribution in [0.25, 0.3) is 11.0 Å². The lowest BCUT2D eigenvalue weighted by Crippen LogP contribution is -2.26. The van der Waals surface area contributed by atoms with Gasteiger partial charge in [0.2, 0.25) is 5.76 Å². The average Bonchev–Trinajstić information content (AvgIpc) is 3.01. The maximum Gasteiger partial charge on any atom is 0.397 e. The molecule has 0 bridgehead atoms. The van der Waals surface area contributed by atoms with Gasteiger partial charge in [-0.3, -0.25) is 9.59 Å². The molecule has 0 aliphatic rings. The Balaban J connectivity index is 1.95. The molecule has 0 spiro atoms. The van der Waals surface area contributed by atoms with E-state index in [4.69, 9.17) is 4.42 Å². The predicted octanol–water partition coefficient (Wildman–Crippen LogP) is 3.19. The monoisotopic (exact) mass is 352 g/mol. The molecule has 1 aromatic heterocycles. The molecule has 0 aliphatic heterocycles. The number of hydrogen-bond donors (Lipinski definition) is 2. The lowest BCUT2D eigenvalue weighted by Gasteiger charge is -2.07. The van der Waals surface area contributed by atoms with Crippen molar-refractivity contribution in [2.45, 2.75) is 6.92 Å². The fourth-order valence-electron chi connectivity index (χ4n) is 2.40. The van der Waals surface area contributed by atoms with Crippen molar-refractivity contribution in [1.82, 2.24) is 0 Å². The van der Waals surface area contributed by atoms with Crippen LogP contribution in [-0.4, -0.2) is 24.4 Å². The maximum absolute atomic E-state index is 12.6. The van der Waals surface area contributed by atoms with Gasteiger partial charge in [0.05, 0.1) is 6.61 Å². The number of carbonyl (C=O) groups excluding carboxylic acids is 3. The van der Waals surface area contributed by atoms with E-state index < -0.39 is 17.8 Å². The van der Waals surface area contributed by atoms with Gasteiger partial charge in [-0.1, -0.05) is 30.3 Å². The van der Waals surface area contributed by atoms with E-state index >= 15 is 0 Å². The standard InChI is InChI=1S/C19H16N2O5/c1-2-25-19(24)18(23)21-15-13-10-6-7-11-14(13)26-16(15)17(22)20-12-8-4-3-5-9-12/h3-11H,2H2,1H3,(H,20,22)(H,21,23). The van der Waals surface area contributed by atoms with Crippen LogP contribution in [0.1, 0.15) is 17.5 Å². The molecule has 132 valence electrons. The minimum atomic E-state index is -1.04. The van der Waals surface area contributed by atoms with Crippen molar-refractivity contribution in [3.63, 3.8) is 0 Å². The molecule has 0 radical (unpaired) electrons. The fourth-order valence-corrected chi connectivity index (χ4v) is 2.40. The van der Waals surface area contributed by atoms with Gasteiger partial charge in [-0.05, 0) is 31.2 Å². The largest absolute Gasteiger partial charge is 0.459 e. The van der Waals surface area contributed by atoms with Gasteiger partial charge in [-0.25, -0.2) is 4.79 Å². The van der Waals surface area contributed by atoms with E-state index in [9.17, 15) is 14.4 Å². The SMILES string of the molecule is CCOC(=O)C(=O)Nc1c(C(=O)Nc2ccccc2)oc2ccccc12. The van der Waals surface area contributed by atoms with Gasteiger partial charge in [-0.15, -0.1) is 0 Å². The van der Waals surface area contributed by atoms with Crippen LogP contribution in [0, 0.1) is 0 Å². The van der Waals surface area contributed by atoms with Crippen LogP contribution in [-0.2, 0) is 14.3 Å². The molecule has 0 saturated heterocycles. The Morgan fingerprint density at radius 3 is 2.38 bits per heavy atom. The molecular formula is C19H16N2O5. The number of fused-ring (bicyclic) bond motifs is 1. The summed E-state index contributed by atoms with van der Waals surface area (Å²) < 4.78 is 10.3. The number of carbonyl (C=O) groups is 3. The summed E-state index contributed by atoms with van der Waals surface area (Å²) in [5.74, 6) is -2.67. The quantitative estimate of drug-likeness (QED) is 0.555. The minimum absolute atomic E-state index is 0.0692. The van der Waals surface area contributed by atoms with Crippen LogP contribution < -0.4 is 10.6 Å². The second-order valence-electron chi connectivity index (χ2n) is 5.30. The van der Waals surface area contributed by atoms with Crippen molar-refractivity contribution in [2.75, 3.05) is 17.2 Å². The first kappa shape index (κ1) is 17.2. The van der Waals surface area contributed by atoms with Crippen molar-refractivity contribution < 1.29 is 23.5 Å². The molecule has 0 saturated carbocycles. The topological polar surface area (TPSA) is 97.6 Å². The minimum Gasteiger partial charge on any atom is -0.459 e. The van der Waals surface area contributed by atoms with Crippen LogP contribution in [0.4, 0.5) is 11.4 Å². The lowest BCUT2D eigenvalue weighted by atomic mass is 10.2. The Morgan fingerprint density at radius 2 is 1.65 bits per heavy atom. The van der Waals surface area contributed by atoms with Gasteiger partial charge >= 0.3 is 11.9 Å². The molecule has 7 nitrogen and oxygen atoms in total. The van der Waals surface area contributed by atoms with Crippen LogP contribution in [0.3, 0.4) is 0 Å². The molecular weight excluding hydrogens is 336 g/mol. The molecule has 2 amide bonds. The third kappa shape index (κ3) is 3.56. The molecule has 2 aromatic carbocycles. The highest BCUT2D eigenvalue weighted by molar-refractivity contribution is 6.38. The zero-order chi connectivity index (χ0) is 18.5. The van der Waals surface area contributed by atoms with E-state index in [0.717, 1.165) is 0 Å². The molecule has 26 heavy (non-hydrogen) atoms. The molecule has 3 rings (SSSR count). The van der Waals surface area contributed by atoms with Gasteiger partial charge in [0.15, 0.2) is 0 Å². The van der Waals surface area contributed by atoms with Gasteiger partial charge in [0, 0.05) is 11.1 Å². The number of para-hydroxylation sites is 2. The van der Waals surface area contributed by atoms with Crippen molar-refractivity contribution in [3.05, 3.63) is 60.4 Å². The number of rotatable bonds is 4. The van der Waals surface area contributed by atoms with E-state index in [1.807, 2.05) is 6.07 Å². The van der Waals surface area contributed by atoms with E-state index in [-0.39, 0.29) is 18.1 Å². The molecule has 0 atom stereocenters. The molecule has 0 fully saturated rings. The summed E-state index contributed by atoms with van der Waals surface area (Å²) in [7, 11) is 0. The summed E-state index contributed by atoms with van der Waals surface area (Å²) in [6.45, 7) is 1.66. The van der Waals surface area contributed by atoms with Crippen molar-refractivity contribution in [3.8, 4) is 0 Å². The number of esters is 1. The van der Waals surface area contributed by atoms with Crippen molar-refractivity contribution in [1.29, 1.82) is 0 Å². The second-order valence-corrected chi connectivity index (χ2v) is 5.30. The zero-order valence-corrected chi connectivity index (χ0v) is 13.9. The highest BCUT2D eigenvalue weighted by atomic mass is 16.5. The van der Waals surface area contributed by atoms with Crippen molar-refractivity contribution >= 4 is 40.1 Å². The first-order chi connectivity index (χ1) is 12.6. The summed E-state index contributed by atoms with van der Waals surface area (Å²) in [4.78, 5) is 36.2. The summed E-state index contributed by atoms with van der Waals surface area (Å²) in [6, 6.07) is 15.6. The highest BCUT2D eigenvalue weighted by Crippen LogP contribution is 2.31. The van der Waals surface area contributed by atoms with E-state index in [1.54, 1.807) is 55.5 Å². The summed E-state index contributed by atoms with van der Waals surface area (Å²) in [5, 5.41) is 5.61. The molecule has 2 N–H and O–H groups in total. The number of ether oxygens (including phenoxy) is 1. The molecule has 0 aliphatic carbocycles. The average molecular weight is 352 g/mol. The fraction of sp³-hybridized carbons (Fsp3) is 0.105. The highest BCUT2D eigenvalue weighted by Gasteiger charge is 2.25. The Hall–Kier alpha value is -3.61. The van der Waals surface area contributed by atoms with E-state index in [0.29, 0.717) is 16.7 Å². The first-order valence-corrected chi connectivity index (χ1v) is 7.96. The number of hydrogen-bond acceptors (Lipinski definition) is 5. The zero-order valence-electron chi connectivity index (χ0n) is 13.9. The summed E-state index contributed by atoms with van der Waals surface area (Å²) in [6.07, 6.45) is 0. The number of nitrogens with one attached hydrogen (secondary N) is 2. The Labute approximate surface area is 148 Å². The van der Waals surface area contributed by atoms with Gasteiger partial charge in [-0.2, -0.15) is 0 Å². The maximum atomic E-state index is 12.6. The Kier molecular flexibility index (Phi) is 4.98. The van der Waals surface area contributed by atoms with Crippen molar-refractivity contribution in [2.24, 2.45) is 0 Å². The van der Waals surface area contributed by atoms with E-state index in [2.05, 4.69) is 15.4 Å². The molecule has 0 unspecified atom stereocenters. The summed E-state index contributed by atoms with van der Waals surface area (Å²) in [5.41, 5.74) is 1.09. The van der Waals surface area contributed by atoms with Crippen LogP contribution in [0.15, 0.2) is 59.0 Å². The normalized spacial score (nSPS) is 10.3. The number of benzene rings is 2. The van der Waals surface area contributed by atoms with Crippen LogP contribution >= 0.6 is 0 Å². The van der Waals surface area contributed by atoms with Crippen LogP contribution in [0.5, 0.6) is 0 Å². The smallest absolute Gasteiger partial charge is 0.397 e. The first-order valence-electron chi connectivity index (χ1n) is 7.96. The molecule has 3 aromatic rings. The van der Waals surface area contributed by atoms with Crippen LogP contribution in [0.2, 0.25) is 0 Å². The van der Waals surface area contributed by atoms with Gasteiger partial charge < -0.3 is 19.8 Å². The number of amides is 2.